The molecule has 3 nitrogen and oxygen atoms in total. The normalized spacial score (nSPS) is 11.2. The molecule has 92 valence electrons. The molecular weight excluding hydrogens is 232 g/mol. The minimum atomic E-state index is 0.544. The van der Waals surface area contributed by atoms with Crippen molar-refractivity contribution < 1.29 is 4.42 Å². The Bertz CT molecular complexity index is 436. The van der Waals surface area contributed by atoms with Crippen molar-refractivity contribution in [2.75, 3.05) is 13.6 Å². The Labute approximate surface area is 106 Å². The number of thiophene rings is 1. The molecule has 0 aliphatic carbocycles. The highest BCUT2D eigenvalue weighted by Crippen LogP contribution is 2.12. The van der Waals surface area contributed by atoms with Crippen molar-refractivity contribution in [2.45, 2.75) is 19.5 Å². The highest BCUT2D eigenvalue weighted by atomic mass is 32.1. The molecule has 0 unspecified atom stereocenters. The van der Waals surface area contributed by atoms with Crippen molar-refractivity contribution in [1.29, 1.82) is 0 Å². The van der Waals surface area contributed by atoms with Crippen LogP contribution in [0.4, 0.5) is 0 Å². The fourth-order valence-corrected chi connectivity index (χ4v) is 2.42. The molecule has 0 fully saturated rings. The van der Waals surface area contributed by atoms with E-state index in [1.54, 1.807) is 6.26 Å². The first-order chi connectivity index (χ1) is 8.28. The van der Waals surface area contributed by atoms with Gasteiger partial charge in [0, 0.05) is 23.5 Å². The van der Waals surface area contributed by atoms with Crippen molar-refractivity contribution in [3.05, 3.63) is 46.0 Å². The minimum Gasteiger partial charge on any atom is -0.468 e. The first-order valence-corrected chi connectivity index (χ1v) is 6.63. The number of hydrogen-bond donors (Lipinski definition) is 1. The maximum atomic E-state index is 5.54. The van der Waals surface area contributed by atoms with Crippen molar-refractivity contribution in [2.24, 2.45) is 5.73 Å². The van der Waals surface area contributed by atoms with Crippen molar-refractivity contribution in [3.8, 4) is 0 Å². The van der Waals surface area contributed by atoms with Crippen LogP contribution in [0, 0.1) is 0 Å². The molecule has 0 bridgehead atoms. The van der Waals surface area contributed by atoms with Gasteiger partial charge in [-0.3, -0.25) is 4.90 Å². The zero-order valence-corrected chi connectivity index (χ0v) is 10.9. The zero-order valence-electron chi connectivity index (χ0n) is 10.1. The maximum Gasteiger partial charge on any atom is 0.118 e. The van der Waals surface area contributed by atoms with E-state index in [1.165, 1.54) is 4.88 Å². The molecule has 2 heterocycles. The van der Waals surface area contributed by atoms with Crippen LogP contribution in [0.2, 0.25) is 0 Å². The van der Waals surface area contributed by atoms with Gasteiger partial charge in [-0.1, -0.05) is 6.07 Å². The molecule has 2 N–H and O–H groups in total. The van der Waals surface area contributed by atoms with Crippen molar-refractivity contribution in [1.82, 2.24) is 4.90 Å². The van der Waals surface area contributed by atoms with Gasteiger partial charge < -0.3 is 10.2 Å². The zero-order chi connectivity index (χ0) is 12.1. The lowest BCUT2D eigenvalue weighted by molar-refractivity contribution is 0.299. The van der Waals surface area contributed by atoms with E-state index >= 15 is 0 Å². The monoisotopic (exact) mass is 250 g/mol. The topological polar surface area (TPSA) is 42.4 Å². The molecule has 0 saturated heterocycles. The summed E-state index contributed by atoms with van der Waals surface area (Å²) < 4.78 is 5.44. The van der Waals surface area contributed by atoms with Crippen LogP contribution in [0.25, 0.3) is 0 Å². The van der Waals surface area contributed by atoms with Crippen LogP contribution in [-0.2, 0) is 19.5 Å². The van der Waals surface area contributed by atoms with Crippen LogP contribution in [0.5, 0.6) is 0 Å². The summed E-state index contributed by atoms with van der Waals surface area (Å²) in [7, 11) is 2.11. The molecular formula is C13H18N2OS. The molecule has 4 heteroatoms. The summed E-state index contributed by atoms with van der Waals surface area (Å²) in [4.78, 5) is 3.69. The largest absolute Gasteiger partial charge is 0.468 e. The van der Waals surface area contributed by atoms with E-state index in [2.05, 4.69) is 29.5 Å². The van der Waals surface area contributed by atoms with E-state index in [9.17, 15) is 0 Å². The second-order valence-corrected chi connectivity index (χ2v) is 5.22. The van der Waals surface area contributed by atoms with Crippen LogP contribution < -0.4 is 5.73 Å². The lowest BCUT2D eigenvalue weighted by Gasteiger charge is -2.14. The van der Waals surface area contributed by atoms with Crippen molar-refractivity contribution >= 4 is 11.3 Å². The van der Waals surface area contributed by atoms with E-state index in [4.69, 9.17) is 10.2 Å². The summed E-state index contributed by atoms with van der Waals surface area (Å²) in [5.74, 6) is 0.985. The van der Waals surface area contributed by atoms with E-state index in [1.807, 2.05) is 17.4 Å². The first kappa shape index (κ1) is 12.4. The molecule has 2 rings (SSSR count). The molecule has 17 heavy (non-hydrogen) atoms. The third-order valence-electron chi connectivity index (χ3n) is 2.69. The number of rotatable bonds is 6. The van der Waals surface area contributed by atoms with Gasteiger partial charge >= 0.3 is 0 Å². The van der Waals surface area contributed by atoms with Gasteiger partial charge in [-0.05, 0) is 31.0 Å². The van der Waals surface area contributed by atoms with Crippen molar-refractivity contribution in [3.63, 3.8) is 0 Å². The first-order valence-electron chi connectivity index (χ1n) is 5.75. The van der Waals surface area contributed by atoms with E-state index in [0.29, 0.717) is 6.54 Å². The van der Waals surface area contributed by atoms with Gasteiger partial charge in [-0.15, -0.1) is 11.3 Å². The lowest BCUT2D eigenvalue weighted by atomic mass is 10.3. The fourth-order valence-electron chi connectivity index (χ4n) is 1.72. The predicted octanol–water partition coefficient (Wildman–Crippen LogP) is 2.47. The van der Waals surface area contributed by atoms with Gasteiger partial charge in [-0.25, -0.2) is 0 Å². The van der Waals surface area contributed by atoms with Crippen LogP contribution in [0.3, 0.4) is 0 Å². The fraction of sp³-hybridized carbons (Fsp3) is 0.385. The van der Waals surface area contributed by atoms with E-state index in [-0.39, 0.29) is 0 Å². The number of furan rings is 1. The summed E-state index contributed by atoms with van der Waals surface area (Å²) in [6, 6.07) is 6.31. The number of nitrogens with two attached hydrogens (primary N) is 1. The molecule has 0 saturated carbocycles. The lowest BCUT2D eigenvalue weighted by Crippen LogP contribution is -2.20. The third kappa shape index (κ3) is 3.70. The average Bonchev–Trinajstić information content (AvgIpc) is 2.97. The van der Waals surface area contributed by atoms with Gasteiger partial charge in [0.05, 0.1) is 12.8 Å². The van der Waals surface area contributed by atoms with Crippen LogP contribution >= 0.6 is 11.3 Å². The number of nitrogens with zero attached hydrogens (tertiary/aromatic N) is 1. The van der Waals surface area contributed by atoms with Crippen LogP contribution in [0.15, 0.2) is 34.3 Å². The number of likely N-dealkylation sites (N-methyl/N-ethyl adjacent to an activating group) is 1. The second kappa shape index (κ2) is 6.00. The molecule has 0 aliphatic heterocycles. The van der Waals surface area contributed by atoms with Gasteiger partial charge in [-0.2, -0.15) is 0 Å². The third-order valence-corrected chi connectivity index (χ3v) is 3.63. The molecule has 0 radical (unpaired) electrons. The van der Waals surface area contributed by atoms with Gasteiger partial charge in [0.15, 0.2) is 0 Å². The molecule has 0 spiro atoms. The van der Waals surface area contributed by atoms with E-state index < -0.39 is 0 Å². The Morgan fingerprint density at radius 2 is 2.35 bits per heavy atom. The summed E-state index contributed by atoms with van der Waals surface area (Å²) >= 11 is 1.81. The molecule has 0 aromatic carbocycles. The predicted molar refractivity (Wildman–Crippen MR) is 71.0 cm³/mol. The Hall–Kier alpha value is -1.10. The van der Waals surface area contributed by atoms with Gasteiger partial charge in [0.1, 0.15) is 5.76 Å². The highest BCUT2D eigenvalue weighted by molar-refractivity contribution is 7.09. The number of hydrogen-bond acceptors (Lipinski definition) is 4. The quantitative estimate of drug-likeness (QED) is 0.856. The molecule has 2 aromatic rings. The summed E-state index contributed by atoms with van der Waals surface area (Å²) in [6.07, 6.45) is 2.83. The van der Waals surface area contributed by atoms with Gasteiger partial charge in [0.25, 0.3) is 0 Å². The molecule has 0 amide bonds. The SMILES string of the molecule is CN(CCc1cccs1)Cc1cc(CN)co1. The Morgan fingerprint density at radius 1 is 1.47 bits per heavy atom. The minimum absolute atomic E-state index is 0.544. The second-order valence-electron chi connectivity index (χ2n) is 4.19. The summed E-state index contributed by atoms with van der Waals surface area (Å²) in [5.41, 5.74) is 6.61. The summed E-state index contributed by atoms with van der Waals surface area (Å²) in [6.45, 7) is 2.42. The standard InChI is InChI=1S/C13H18N2OS/c1-15(5-4-13-3-2-6-17-13)9-12-7-11(8-14)10-16-12/h2-3,6-7,10H,4-5,8-9,14H2,1H3. The smallest absolute Gasteiger partial charge is 0.118 e. The Kier molecular flexibility index (Phi) is 4.36. The molecule has 2 aromatic heterocycles. The Morgan fingerprint density at radius 3 is 3.00 bits per heavy atom. The van der Waals surface area contributed by atoms with E-state index in [0.717, 1.165) is 30.8 Å². The van der Waals surface area contributed by atoms with Crippen LogP contribution in [-0.4, -0.2) is 18.5 Å². The average molecular weight is 250 g/mol. The van der Waals surface area contributed by atoms with Crippen LogP contribution in [0.1, 0.15) is 16.2 Å². The Balaban J connectivity index is 1.78. The highest BCUT2D eigenvalue weighted by Gasteiger charge is 2.05. The van der Waals surface area contributed by atoms with Gasteiger partial charge in [0.2, 0.25) is 0 Å². The molecule has 0 atom stereocenters. The molecule has 0 aliphatic rings. The summed E-state index contributed by atoms with van der Waals surface area (Å²) in [5, 5.41) is 2.12. The maximum absolute atomic E-state index is 5.54.